The summed E-state index contributed by atoms with van der Waals surface area (Å²) in [5.74, 6) is -0.218. The van der Waals surface area contributed by atoms with Crippen molar-refractivity contribution < 1.29 is 9.59 Å². The fourth-order valence-corrected chi connectivity index (χ4v) is 4.25. The highest BCUT2D eigenvalue weighted by molar-refractivity contribution is 8.00. The van der Waals surface area contributed by atoms with E-state index in [1.54, 1.807) is 41.7 Å². The van der Waals surface area contributed by atoms with Crippen molar-refractivity contribution in [2.24, 2.45) is 0 Å². The van der Waals surface area contributed by atoms with Crippen LogP contribution in [0.3, 0.4) is 0 Å². The lowest BCUT2D eigenvalue weighted by molar-refractivity contribution is -0.113. The second-order valence-corrected chi connectivity index (χ2v) is 8.23. The van der Waals surface area contributed by atoms with E-state index in [2.05, 4.69) is 10.6 Å². The van der Waals surface area contributed by atoms with Gasteiger partial charge in [0.25, 0.3) is 5.91 Å². The van der Waals surface area contributed by atoms with Gasteiger partial charge in [0.05, 0.1) is 29.0 Å². The normalized spacial score (nSPS) is 11.3. The number of amides is 2. The van der Waals surface area contributed by atoms with Crippen LogP contribution in [0.25, 0.3) is 0 Å². The molecule has 5 nitrogen and oxygen atoms in total. The number of hydrogen-bond acceptors (Lipinski definition) is 5. The summed E-state index contributed by atoms with van der Waals surface area (Å²) >= 11 is 2.90. The van der Waals surface area contributed by atoms with Crippen LogP contribution in [-0.2, 0) is 4.79 Å². The molecule has 2 amide bonds. The van der Waals surface area contributed by atoms with E-state index in [1.165, 1.54) is 11.8 Å². The van der Waals surface area contributed by atoms with Gasteiger partial charge < -0.3 is 10.6 Å². The molecule has 0 spiro atoms. The van der Waals surface area contributed by atoms with Gasteiger partial charge >= 0.3 is 0 Å². The monoisotopic (exact) mass is 421 g/mol. The number of thiophene rings is 1. The average Bonchev–Trinajstić information content (AvgIpc) is 3.27. The molecule has 0 aliphatic heterocycles. The quantitative estimate of drug-likeness (QED) is 0.535. The highest BCUT2D eigenvalue weighted by Gasteiger charge is 2.16. The van der Waals surface area contributed by atoms with Crippen molar-refractivity contribution in [3.63, 3.8) is 0 Å². The number of nitrogens with one attached hydrogen (secondary N) is 2. The first-order valence-corrected chi connectivity index (χ1v) is 10.8. The highest BCUT2D eigenvalue weighted by atomic mass is 32.2. The highest BCUT2D eigenvalue weighted by Crippen LogP contribution is 2.25. The molecule has 1 heterocycles. The van der Waals surface area contributed by atoms with Crippen molar-refractivity contribution >= 4 is 40.6 Å². The number of benzene rings is 2. The second kappa shape index (κ2) is 9.92. The van der Waals surface area contributed by atoms with E-state index >= 15 is 0 Å². The van der Waals surface area contributed by atoms with Gasteiger partial charge in [-0.25, -0.2) is 0 Å². The molecule has 0 aliphatic carbocycles. The van der Waals surface area contributed by atoms with Crippen LogP contribution >= 0.6 is 23.1 Å². The number of nitriles is 1. The molecular weight excluding hydrogens is 402 g/mol. The maximum Gasteiger partial charge on any atom is 0.252 e. The van der Waals surface area contributed by atoms with Gasteiger partial charge in [-0.2, -0.15) is 5.26 Å². The number of nitrogens with zero attached hydrogens (tertiary/aromatic N) is 1. The maximum absolute atomic E-state index is 12.7. The Balaban J connectivity index is 1.62. The summed E-state index contributed by atoms with van der Waals surface area (Å²) < 4.78 is 0. The third-order valence-electron chi connectivity index (χ3n) is 4.08. The zero-order valence-electron chi connectivity index (χ0n) is 15.7. The van der Waals surface area contributed by atoms with Crippen LogP contribution in [0.5, 0.6) is 0 Å². The molecule has 2 N–H and O–H groups in total. The lowest BCUT2D eigenvalue weighted by Gasteiger charge is -2.14. The van der Waals surface area contributed by atoms with Crippen molar-refractivity contribution in [3.05, 3.63) is 82.0 Å². The van der Waals surface area contributed by atoms with E-state index in [9.17, 15) is 9.59 Å². The van der Waals surface area contributed by atoms with Crippen molar-refractivity contribution in [3.8, 4) is 6.07 Å². The lowest BCUT2D eigenvalue weighted by atomic mass is 10.2. The predicted octanol–water partition coefficient (Wildman–Crippen LogP) is 4.84. The lowest BCUT2D eigenvalue weighted by Crippen LogP contribution is -2.26. The zero-order chi connectivity index (χ0) is 20.6. The summed E-state index contributed by atoms with van der Waals surface area (Å²) in [5, 5.41) is 16.7. The van der Waals surface area contributed by atoms with Crippen molar-refractivity contribution in [1.82, 2.24) is 5.32 Å². The smallest absolute Gasteiger partial charge is 0.252 e. The fourth-order valence-electron chi connectivity index (χ4n) is 2.67. The molecule has 0 radical (unpaired) electrons. The summed E-state index contributed by atoms with van der Waals surface area (Å²) in [6, 6.07) is 19.9. The third kappa shape index (κ3) is 5.70. The fraction of sp³-hybridized carbons (Fsp3) is 0.136. The molecule has 1 aromatic heterocycles. The maximum atomic E-state index is 12.7. The number of rotatable bonds is 7. The number of carbonyl (C=O) groups excluding carboxylic acids is 2. The van der Waals surface area contributed by atoms with E-state index in [0.29, 0.717) is 16.8 Å². The summed E-state index contributed by atoms with van der Waals surface area (Å²) in [5.41, 5.74) is 1.60. The third-order valence-corrected chi connectivity index (χ3v) is 6.21. The van der Waals surface area contributed by atoms with Crippen LogP contribution in [0.4, 0.5) is 5.69 Å². The van der Waals surface area contributed by atoms with Gasteiger partial charge in [0.2, 0.25) is 5.91 Å². The Morgan fingerprint density at radius 3 is 2.72 bits per heavy atom. The largest absolute Gasteiger partial charge is 0.345 e. The molecule has 3 rings (SSSR count). The minimum Gasteiger partial charge on any atom is -0.345 e. The van der Waals surface area contributed by atoms with E-state index in [4.69, 9.17) is 5.26 Å². The molecular formula is C22H19N3O2S2. The molecule has 1 unspecified atom stereocenters. The van der Waals surface area contributed by atoms with Gasteiger partial charge in [-0.3, -0.25) is 9.59 Å². The van der Waals surface area contributed by atoms with Crippen LogP contribution in [0.15, 0.2) is 70.9 Å². The van der Waals surface area contributed by atoms with E-state index in [-0.39, 0.29) is 23.6 Å². The first kappa shape index (κ1) is 20.6. The molecule has 29 heavy (non-hydrogen) atoms. The van der Waals surface area contributed by atoms with Gasteiger partial charge in [-0.1, -0.05) is 24.3 Å². The molecule has 3 aromatic rings. The minimum atomic E-state index is -0.202. The number of carbonyl (C=O) groups is 2. The van der Waals surface area contributed by atoms with Crippen molar-refractivity contribution in [2.75, 3.05) is 11.1 Å². The Morgan fingerprint density at radius 1 is 1.14 bits per heavy atom. The SMILES string of the molecule is CC(NC(=O)c1ccccc1SCC(=O)Nc1cccc(C#N)c1)c1cccs1. The summed E-state index contributed by atoms with van der Waals surface area (Å²) in [6.07, 6.45) is 0. The van der Waals surface area contributed by atoms with Crippen molar-refractivity contribution in [2.45, 2.75) is 17.9 Å². The van der Waals surface area contributed by atoms with Crippen LogP contribution in [0.1, 0.15) is 33.8 Å². The standard InChI is InChI=1S/C22H19N3O2S2/c1-15(19-10-5-11-28-19)24-22(27)18-8-2-3-9-20(18)29-14-21(26)25-17-7-4-6-16(12-17)13-23/h2-12,15H,14H2,1H3,(H,24,27)(H,25,26). The zero-order valence-corrected chi connectivity index (χ0v) is 17.3. The van der Waals surface area contributed by atoms with Crippen LogP contribution in [-0.4, -0.2) is 17.6 Å². The Morgan fingerprint density at radius 2 is 1.97 bits per heavy atom. The Bertz CT molecular complexity index is 1040. The Labute approximate surface area is 177 Å². The minimum absolute atomic E-state index is 0.0868. The van der Waals surface area contributed by atoms with E-state index in [1.807, 2.05) is 48.7 Å². The van der Waals surface area contributed by atoms with Crippen LogP contribution in [0, 0.1) is 11.3 Å². The van der Waals surface area contributed by atoms with Crippen molar-refractivity contribution in [1.29, 1.82) is 5.26 Å². The van der Waals surface area contributed by atoms with Gasteiger partial charge in [-0.05, 0) is 48.7 Å². The van der Waals surface area contributed by atoms with Crippen LogP contribution < -0.4 is 10.6 Å². The summed E-state index contributed by atoms with van der Waals surface area (Å²) in [7, 11) is 0. The molecule has 0 saturated heterocycles. The first-order valence-electron chi connectivity index (χ1n) is 8.93. The Hall–Kier alpha value is -3.08. The topological polar surface area (TPSA) is 82.0 Å². The molecule has 0 fully saturated rings. The average molecular weight is 422 g/mol. The molecule has 0 saturated carbocycles. The van der Waals surface area contributed by atoms with E-state index < -0.39 is 0 Å². The summed E-state index contributed by atoms with van der Waals surface area (Å²) in [4.78, 5) is 26.8. The van der Waals surface area contributed by atoms with Gasteiger partial charge in [0, 0.05) is 15.5 Å². The molecule has 0 aliphatic rings. The molecule has 146 valence electrons. The van der Waals surface area contributed by atoms with Gasteiger partial charge in [0.1, 0.15) is 0 Å². The van der Waals surface area contributed by atoms with E-state index in [0.717, 1.165) is 9.77 Å². The van der Waals surface area contributed by atoms with Gasteiger partial charge in [0.15, 0.2) is 0 Å². The Kier molecular flexibility index (Phi) is 7.06. The second-order valence-electron chi connectivity index (χ2n) is 6.24. The first-order chi connectivity index (χ1) is 14.1. The number of thioether (sulfide) groups is 1. The number of hydrogen-bond donors (Lipinski definition) is 2. The molecule has 2 aromatic carbocycles. The molecule has 7 heteroatoms. The summed E-state index contributed by atoms with van der Waals surface area (Å²) in [6.45, 7) is 1.95. The molecule has 1 atom stereocenters. The van der Waals surface area contributed by atoms with Crippen LogP contribution in [0.2, 0.25) is 0 Å². The molecule has 0 bridgehead atoms. The van der Waals surface area contributed by atoms with Gasteiger partial charge in [-0.15, -0.1) is 23.1 Å². The predicted molar refractivity (Wildman–Crippen MR) is 117 cm³/mol. The number of anilines is 1.